The van der Waals surface area contributed by atoms with E-state index in [0.29, 0.717) is 22.6 Å². The van der Waals surface area contributed by atoms with Crippen LogP contribution in [0.1, 0.15) is 18.6 Å². The standard InChI is InChI=1S/C12H15Cl2NO.ClH/c1-2-16-12(9-6-15-7-9)8-3-4-10(13)11(14)5-8;/h3-5,9,12,15H,2,6-7H2,1H3;1H/t12-;/m1./s1. The summed E-state index contributed by atoms with van der Waals surface area (Å²) in [6, 6.07) is 5.73. The fraction of sp³-hybridized carbons (Fsp3) is 0.500. The molecule has 1 aliphatic heterocycles. The molecule has 0 unspecified atom stereocenters. The Morgan fingerprint density at radius 3 is 2.53 bits per heavy atom. The highest BCUT2D eigenvalue weighted by Crippen LogP contribution is 2.32. The molecule has 96 valence electrons. The van der Waals surface area contributed by atoms with Crippen LogP contribution in [0, 0.1) is 5.92 Å². The van der Waals surface area contributed by atoms with Gasteiger partial charge in [0.2, 0.25) is 0 Å². The van der Waals surface area contributed by atoms with Gasteiger partial charge in [-0.15, -0.1) is 12.4 Å². The van der Waals surface area contributed by atoms with Gasteiger partial charge in [-0.1, -0.05) is 29.3 Å². The zero-order chi connectivity index (χ0) is 11.5. The maximum absolute atomic E-state index is 6.02. The van der Waals surface area contributed by atoms with E-state index in [4.69, 9.17) is 27.9 Å². The number of hydrogen-bond acceptors (Lipinski definition) is 2. The van der Waals surface area contributed by atoms with Crippen LogP contribution in [0.2, 0.25) is 10.0 Å². The fourth-order valence-electron chi connectivity index (χ4n) is 1.90. The normalized spacial score (nSPS) is 17.1. The van der Waals surface area contributed by atoms with Gasteiger partial charge in [-0.3, -0.25) is 0 Å². The van der Waals surface area contributed by atoms with E-state index in [0.717, 1.165) is 18.7 Å². The Balaban J connectivity index is 0.00000144. The summed E-state index contributed by atoms with van der Waals surface area (Å²) in [7, 11) is 0. The molecule has 0 radical (unpaired) electrons. The van der Waals surface area contributed by atoms with Crippen LogP contribution in [0.15, 0.2) is 18.2 Å². The zero-order valence-corrected chi connectivity index (χ0v) is 11.9. The van der Waals surface area contributed by atoms with E-state index >= 15 is 0 Å². The van der Waals surface area contributed by atoms with Gasteiger partial charge in [-0.2, -0.15) is 0 Å². The van der Waals surface area contributed by atoms with Crippen LogP contribution >= 0.6 is 35.6 Å². The van der Waals surface area contributed by atoms with E-state index in [1.165, 1.54) is 0 Å². The summed E-state index contributed by atoms with van der Waals surface area (Å²) in [5.41, 5.74) is 1.11. The quantitative estimate of drug-likeness (QED) is 0.914. The number of nitrogens with one attached hydrogen (secondary N) is 1. The van der Waals surface area contributed by atoms with Crippen molar-refractivity contribution in [2.24, 2.45) is 5.92 Å². The van der Waals surface area contributed by atoms with E-state index in [1.807, 2.05) is 25.1 Å². The van der Waals surface area contributed by atoms with Gasteiger partial charge in [-0.25, -0.2) is 0 Å². The van der Waals surface area contributed by atoms with Gasteiger partial charge < -0.3 is 10.1 Å². The molecule has 17 heavy (non-hydrogen) atoms. The zero-order valence-electron chi connectivity index (χ0n) is 9.58. The number of benzene rings is 1. The first kappa shape index (κ1) is 15.1. The maximum atomic E-state index is 6.02. The topological polar surface area (TPSA) is 21.3 Å². The lowest BCUT2D eigenvalue weighted by molar-refractivity contribution is 0.000440. The van der Waals surface area contributed by atoms with Crippen molar-refractivity contribution in [3.63, 3.8) is 0 Å². The smallest absolute Gasteiger partial charge is 0.0877 e. The molecular formula is C12H16Cl3NO. The van der Waals surface area contributed by atoms with Crippen LogP contribution < -0.4 is 5.32 Å². The van der Waals surface area contributed by atoms with Crippen molar-refractivity contribution < 1.29 is 4.74 Å². The lowest BCUT2D eigenvalue weighted by atomic mass is 9.91. The molecule has 1 aromatic carbocycles. The highest BCUT2D eigenvalue weighted by Gasteiger charge is 2.29. The van der Waals surface area contributed by atoms with E-state index in [2.05, 4.69) is 5.32 Å². The number of rotatable bonds is 4. The van der Waals surface area contributed by atoms with Crippen molar-refractivity contribution in [2.75, 3.05) is 19.7 Å². The second kappa shape index (κ2) is 6.81. The van der Waals surface area contributed by atoms with Gasteiger partial charge in [0.15, 0.2) is 0 Å². The molecule has 1 aromatic rings. The SMILES string of the molecule is CCO[C@H](c1ccc(Cl)c(Cl)c1)C1CNC1.Cl. The van der Waals surface area contributed by atoms with Crippen LogP contribution in [0.25, 0.3) is 0 Å². The third-order valence-corrected chi connectivity index (χ3v) is 3.60. The molecule has 0 bridgehead atoms. The van der Waals surface area contributed by atoms with Gasteiger partial charge in [0.1, 0.15) is 0 Å². The van der Waals surface area contributed by atoms with E-state index in [9.17, 15) is 0 Å². The number of hydrogen-bond donors (Lipinski definition) is 1. The van der Waals surface area contributed by atoms with Crippen molar-refractivity contribution in [3.8, 4) is 0 Å². The summed E-state index contributed by atoms with van der Waals surface area (Å²) in [5.74, 6) is 0.539. The van der Waals surface area contributed by atoms with Crippen LogP contribution in [0.3, 0.4) is 0 Å². The molecule has 2 rings (SSSR count). The predicted molar refractivity (Wildman–Crippen MR) is 74.4 cm³/mol. The highest BCUT2D eigenvalue weighted by molar-refractivity contribution is 6.42. The molecule has 1 N–H and O–H groups in total. The van der Waals surface area contributed by atoms with Gasteiger partial charge in [-0.05, 0) is 24.6 Å². The molecule has 0 spiro atoms. The minimum absolute atomic E-state index is 0. The molecule has 1 saturated heterocycles. The molecule has 1 heterocycles. The molecule has 2 nitrogen and oxygen atoms in total. The van der Waals surface area contributed by atoms with Crippen molar-refractivity contribution in [1.29, 1.82) is 0 Å². The van der Waals surface area contributed by atoms with Crippen molar-refractivity contribution in [3.05, 3.63) is 33.8 Å². The average molecular weight is 297 g/mol. The lowest BCUT2D eigenvalue weighted by Crippen LogP contribution is -2.46. The van der Waals surface area contributed by atoms with Crippen molar-refractivity contribution in [2.45, 2.75) is 13.0 Å². The van der Waals surface area contributed by atoms with Crippen LogP contribution in [-0.2, 0) is 4.74 Å². The Kier molecular flexibility index (Phi) is 6.04. The van der Waals surface area contributed by atoms with Gasteiger partial charge in [0, 0.05) is 25.6 Å². The number of halogens is 3. The van der Waals surface area contributed by atoms with Crippen LogP contribution in [-0.4, -0.2) is 19.7 Å². The molecule has 0 amide bonds. The largest absolute Gasteiger partial charge is 0.373 e. The third-order valence-electron chi connectivity index (χ3n) is 2.86. The van der Waals surface area contributed by atoms with E-state index in [-0.39, 0.29) is 18.5 Å². The molecule has 1 atom stereocenters. The van der Waals surface area contributed by atoms with Crippen LogP contribution in [0.4, 0.5) is 0 Å². The second-order valence-electron chi connectivity index (χ2n) is 3.97. The Hall–Kier alpha value is 0.01000. The highest BCUT2D eigenvalue weighted by atomic mass is 35.5. The van der Waals surface area contributed by atoms with Crippen molar-refractivity contribution in [1.82, 2.24) is 5.32 Å². The summed E-state index contributed by atoms with van der Waals surface area (Å²) in [5, 5.41) is 4.44. The first-order valence-electron chi connectivity index (χ1n) is 5.49. The molecule has 1 fully saturated rings. The third kappa shape index (κ3) is 3.49. The summed E-state index contributed by atoms with van der Waals surface area (Å²) in [6.45, 7) is 4.73. The summed E-state index contributed by atoms with van der Waals surface area (Å²) in [6.07, 6.45) is 0.126. The number of ether oxygens (including phenoxy) is 1. The van der Waals surface area contributed by atoms with Crippen molar-refractivity contribution >= 4 is 35.6 Å². The summed E-state index contributed by atoms with van der Waals surface area (Å²) in [4.78, 5) is 0. The molecule has 0 aromatic heterocycles. The van der Waals surface area contributed by atoms with E-state index in [1.54, 1.807) is 0 Å². The minimum atomic E-state index is 0. The Labute approximate surface area is 118 Å². The summed E-state index contributed by atoms with van der Waals surface area (Å²) < 4.78 is 5.79. The van der Waals surface area contributed by atoms with Crippen LogP contribution in [0.5, 0.6) is 0 Å². The van der Waals surface area contributed by atoms with Gasteiger partial charge >= 0.3 is 0 Å². The molecule has 5 heteroatoms. The average Bonchev–Trinajstić information content (AvgIpc) is 2.19. The summed E-state index contributed by atoms with van der Waals surface area (Å²) >= 11 is 11.9. The lowest BCUT2D eigenvalue weighted by Gasteiger charge is -2.34. The first-order valence-corrected chi connectivity index (χ1v) is 6.25. The molecule has 0 saturated carbocycles. The second-order valence-corrected chi connectivity index (χ2v) is 4.78. The Morgan fingerprint density at radius 1 is 1.35 bits per heavy atom. The van der Waals surface area contributed by atoms with Gasteiger partial charge in [0.05, 0.1) is 16.1 Å². The van der Waals surface area contributed by atoms with Gasteiger partial charge in [0.25, 0.3) is 0 Å². The monoisotopic (exact) mass is 295 g/mol. The minimum Gasteiger partial charge on any atom is -0.373 e. The molecule has 0 aliphatic carbocycles. The predicted octanol–water partition coefficient (Wildman–Crippen LogP) is 3.71. The first-order chi connectivity index (χ1) is 7.72. The molecular weight excluding hydrogens is 280 g/mol. The molecule has 1 aliphatic rings. The Morgan fingerprint density at radius 2 is 2.06 bits per heavy atom. The maximum Gasteiger partial charge on any atom is 0.0877 e. The fourth-order valence-corrected chi connectivity index (χ4v) is 2.20. The van der Waals surface area contributed by atoms with E-state index < -0.39 is 0 Å². The Bertz CT molecular complexity index is 369.